The van der Waals surface area contributed by atoms with Crippen LogP contribution in [0.2, 0.25) is 5.02 Å². The molecule has 2 rings (SSSR count). The van der Waals surface area contributed by atoms with Crippen LogP contribution in [0.4, 0.5) is 15.8 Å². The Morgan fingerprint density at radius 3 is 2.33 bits per heavy atom. The van der Waals surface area contributed by atoms with Crippen LogP contribution in [0.15, 0.2) is 34.8 Å². The second kappa shape index (κ2) is 5.04. The summed E-state index contributed by atoms with van der Waals surface area (Å²) in [6.07, 6.45) is 0. The van der Waals surface area contributed by atoms with E-state index >= 15 is 0 Å². The van der Waals surface area contributed by atoms with Crippen LogP contribution in [0.3, 0.4) is 0 Å². The molecule has 0 aliphatic carbocycles. The maximum Gasteiger partial charge on any atom is 0.188 e. The zero-order valence-electron chi connectivity index (χ0n) is 9.08. The smallest absolute Gasteiger partial charge is 0.188 e. The number of hydrogen-bond donors (Lipinski definition) is 2. The van der Waals surface area contributed by atoms with Crippen molar-refractivity contribution in [2.75, 3.05) is 11.5 Å². The van der Waals surface area contributed by atoms with Gasteiger partial charge in [0.15, 0.2) is 11.6 Å². The van der Waals surface area contributed by atoms with Gasteiger partial charge in [-0.05, 0) is 30.3 Å². The first-order valence-corrected chi connectivity index (χ1v) is 6.12. The van der Waals surface area contributed by atoms with E-state index in [1.165, 1.54) is 6.07 Å². The lowest BCUT2D eigenvalue weighted by molar-refractivity contribution is 0.445. The summed E-state index contributed by atoms with van der Waals surface area (Å²) in [6, 6.07) is 8.24. The lowest BCUT2D eigenvalue weighted by Crippen LogP contribution is -1.99. The van der Waals surface area contributed by atoms with Gasteiger partial charge < -0.3 is 16.2 Å². The first-order valence-electron chi connectivity index (χ1n) is 4.95. The van der Waals surface area contributed by atoms with E-state index in [0.717, 1.165) is 4.47 Å². The number of anilines is 2. The highest BCUT2D eigenvalue weighted by atomic mass is 79.9. The highest BCUT2D eigenvalue weighted by Gasteiger charge is 2.16. The number of benzene rings is 2. The predicted molar refractivity (Wildman–Crippen MR) is 74.5 cm³/mol. The molecule has 94 valence electrons. The summed E-state index contributed by atoms with van der Waals surface area (Å²) in [5.41, 5.74) is 11.3. The van der Waals surface area contributed by atoms with Crippen molar-refractivity contribution in [3.63, 3.8) is 0 Å². The van der Waals surface area contributed by atoms with Crippen LogP contribution in [-0.2, 0) is 0 Å². The molecule has 0 saturated carbocycles. The Kier molecular flexibility index (Phi) is 3.63. The highest BCUT2D eigenvalue weighted by Crippen LogP contribution is 2.38. The van der Waals surface area contributed by atoms with Crippen molar-refractivity contribution in [2.45, 2.75) is 0 Å². The van der Waals surface area contributed by atoms with Gasteiger partial charge in [0.25, 0.3) is 0 Å². The van der Waals surface area contributed by atoms with Gasteiger partial charge in [0, 0.05) is 4.47 Å². The lowest BCUT2D eigenvalue weighted by atomic mass is 10.2. The third kappa shape index (κ3) is 2.52. The molecule has 4 N–H and O–H groups in total. The normalized spacial score (nSPS) is 10.4. The van der Waals surface area contributed by atoms with E-state index in [0.29, 0.717) is 5.75 Å². The molecule has 0 saturated heterocycles. The first kappa shape index (κ1) is 13.0. The van der Waals surface area contributed by atoms with E-state index in [4.69, 9.17) is 27.8 Å². The molecule has 0 spiro atoms. The minimum absolute atomic E-state index is 0.0785. The van der Waals surface area contributed by atoms with Gasteiger partial charge in [-0.25, -0.2) is 4.39 Å². The van der Waals surface area contributed by atoms with E-state index in [9.17, 15) is 4.39 Å². The predicted octanol–water partition coefficient (Wildman–Crippen LogP) is 4.20. The fraction of sp³-hybridized carbons (Fsp3) is 0. The Balaban J connectivity index is 2.40. The largest absolute Gasteiger partial charge is 0.452 e. The molecule has 2 aromatic carbocycles. The van der Waals surface area contributed by atoms with Crippen molar-refractivity contribution in [1.82, 2.24) is 0 Å². The molecule has 2 aromatic rings. The molecule has 0 heterocycles. The van der Waals surface area contributed by atoms with Gasteiger partial charge in [-0.1, -0.05) is 27.5 Å². The SMILES string of the molecule is Nc1cc(N)c(Oc2ccc(Br)cc2)c(F)c1Cl. The molecule has 18 heavy (non-hydrogen) atoms. The van der Waals surface area contributed by atoms with E-state index < -0.39 is 5.82 Å². The average Bonchev–Trinajstić information content (AvgIpc) is 2.34. The van der Waals surface area contributed by atoms with Crippen molar-refractivity contribution in [1.29, 1.82) is 0 Å². The van der Waals surface area contributed by atoms with Crippen LogP contribution in [0, 0.1) is 5.82 Å². The summed E-state index contributed by atoms with van der Waals surface area (Å²) < 4.78 is 20.1. The standard InChI is InChI=1S/C12H9BrClFN2O/c13-6-1-3-7(4-2-6)18-12-9(17)5-8(16)10(14)11(12)15/h1-5H,16-17H2. The Morgan fingerprint density at radius 1 is 1.11 bits per heavy atom. The second-order valence-electron chi connectivity index (χ2n) is 3.57. The molecule has 0 amide bonds. The van der Waals surface area contributed by atoms with Gasteiger partial charge in [0.2, 0.25) is 0 Å². The fourth-order valence-electron chi connectivity index (χ4n) is 1.37. The second-order valence-corrected chi connectivity index (χ2v) is 4.86. The Morgan fingerprint density at radius 2 is 1.72 bits per heavy atom. The van der Waals surface area contributed by atoms with Crippen molar-refractivity contribution < 1.29 is 9.13 Å². The molecule has 6 heteroatoms. The van der Waals surface area contributed by atoms with Gasteiger partial charge in [-0.3, -0.25) is 0 Å². The van der Waals surface area contributed by atoms with Crippen LogP contribution in [0.1, 0.15) is 0 Å². The number of nitrogen functional groups attached to an aromatic ring is 2. The van der Waals surface area contributed by atoms with Gasteiger partial charge >= 0.3 is 0 Å². The van der Waals surface area contributed by atoms with Crippen molar-refractivity contribution in [3.8, 4) is 11.5 Å². The summed E-state index contributed by atoms with van der Waals surface area (Å²) in [6.45, 7) is 0. The lowest BCUT2D eigenvalue weighted by Gasteiger charge is -2.11. The van der Waals surface area contributed by atoms with Gasteiger partial charge in [0.1, 0.15) is 10.8 Å². The van der Waals surface area contributed by atoms with Crippen molar-refractivity contribution in [2.24, 2.45) is 0 Å². The monoisotopic (exact) mass is 330 g/mol. The van der Waals surface area contributed by atoms with Crippen LogP contribution in [-0.4, -0.2) is 0 Å². The number of nitrogens with two attached hydrogens (primary N) is 2. The van der Waals surface area contributed by atoms with Crippen molar-refractivity contribution in [3.05, 3.63) is 45.6 Å². The summed E-state index contributed by atoms with van der Waals surface area (Å²) in [7, 11) is 0. The van der Waals surface area contributed by atoms with Crippen LogP contribution < -0.4 is 16.2 Å². The Bertz CT molecular complexity index is 590. The maximum absolute atomic E-state index is 13.9. The van der Waals surface area contributed by atoms with Crippen LogP contribution >= 0.6 is 27.5 Å². The van der Waals surface area contributed by atoms with Gasteiger partial charge in [-0.15, -0.1) is 0 Å². The summed E-state index contributed by atoms with van der Waals surface area (Å²) in [5.74, 6) is -0.446. The summed E-state index contributed by atoms with van der Waals surface area (Å²) in [4.78, 5) is 0. The molecule has 0 aromatic heterocycles. The van der Waals surface area contributed by atoms with Crippen LogP contribution in [0.5, 0.6) is 11.5 Å². The summed E-state index contributed by atoms with van der Waals surface area (Å²) in [5, 5.41) is -0.198. The van der Waals surface area contributed by atoms with Gasteiger partial charge in [-0.2, -0.15) is 0 Å². The molecule has 0 radical (unpaired) electrons. The van der Waals surface area contributed by atoms with Gasteiger partial charge in [0.05, 0.1) is 11.4 Å². The third-order valence-corrected chi connectivity index (χ3v) is 3.17. The van der Waals surface area contributed by atoms with E-state index in [-0.39, 0.29) is 22.1 Å². The topological polar surface area (TPSA) is 61.3 Å². The van der Waals surface area contributed by atoms with E-state index in [1.54, 1.807) is 24.3 Å². The molecule has 0 atom stereocenters. The molecular weight excluding hydrogens is 322 g/mol. The molecule has 3 nitrogen and oxygen atoms in total. The maximum atomic E-state index is 13.9. The highest BCUT2D eigenvalue weighted by molar-refractivity contribution is 9.10. The molecule has 0 aliphatic heterocycles. The minimum Gasteiger partial charge on any atom is -0.452 e. The Hall–Kier alpha value is -1.46. The number of hydrogen-bond acceptors (Lipinski definition) is 3. The zero-order valence-corrected chi connectivity index (χ0v) is 11.4. The number of halogens is 3. The number of rotatable bonds is 2. The van der Waals surface area contributed by atoms with E-state index in [1.807, 2.05) is 0 Å². The minimum atomic E-state index is -0.767. The average molecular weight is 332 g/mol. The van der Waals surface area contributed by atoms with Crippen molar-refractivity contribution >= 4 is 38.9 Å². The summed E-state index contributed by atoms with van der Waals surface area (Å²) >= 11 is 8.99. The molecular formula is C12H9BrClFN2O. The molecule has 0 fully saturated rings. The Labute approximate surface area is 117 Å². The zero-order chi connectivity index (χ0) is 13.3. The third-order valence-electron chi connectivity index (χ3n) is 2.25. The first-order chi connectivity index (χ1) is 8.49. The molecule has 0 bridgehead atoms. The fourth-order valence-corrected chi connectivity index (χ4v) is 1.78. The van der Waals surface area contributed by atoms with Crippen LogP contribution in [0.25, 0.3) is 0 Å². The quantitative estimate of drug-likeness (QED) is 0.811. The number of ether oxygens (including phenoxy) is 1. The van der Waals surface area contributed by atoms with E-state index in [2.05, 4.69) is 15.9 Å². The molecule has 0 unspecified atom stereocenters. The molecule has 0 aliphatic rings.